The van der Waals surface area contributed by atoms with Crippen molar-refractivity contribution in [1.82, 2.24) is 4.31 Å². The summed E-state index contributed by atoms with van der Waals surface area (Å²) in [6.45, 7) is 4.19. The van der Waals surface area contributed by atoms with Gasteiger partial charge in [0.15, 0.2) is 0 Å². The van der Waals surface area contributed by atoms with E-state index in [1.807, 2.05) is 19.1 Å². The summed E-state index contributed by atoms with van der Waals surface area (Å²) < 4.78 is 33.1. The number of aryl methyl sites for hydroxylation is 2. The number of nitrogens with one attached hydrogen (secondary N) is 1. The Hall–Kier alpha value is -2.09. The van der Waals surface area contributed by atoms with Gasteiger partial charge in [0.05, 0.1) is 23.6 Å². The fourth-order valence-corrected chi connectivity index (χ4v) is 5.52. The predicted molar refractivity (Wildman–Crippen MR) is 114 cm³/mol. The van der Waals surface area contributed by atoms with E-state index < -0.39 is 15.9 Å². The van der Waals surface area contributed by atoms with Gasteiger partial charge in [0.25, 0.3) is 0 Å². The number of halogens is 1. The average Bonchev–Trinajstić information content (AvgIpc) is 2.70. The van der Waals surface area contributed by atoms with Crippen LogP contribution in [0.15, 0.2) is 41.3 Å². The molecule has 1 unspecified atom stereocenters. The van der Waals surface area contributed by atoms with E-state index in [9.17, 15) is 13.2 Å². The molecule has 1 N–H and O–H groups in total. The number of sulfonamides is 1. The summed E-state index contributed by atoms with van der Waals surface area (Å²) in [5.74, 6) is -0.197. The van der Waals surface area contributed by atoms with E-state index in [1.54, 1.807) is 31.2 Å². The molecule has 0 spiro atoms. The Labute approximate surface area is 176 Å². The number of piperidine rings is 1. The number of anilines is 1. The Morgan fingerprint density at radius 1 is 1.21 bits per heavy atom. The summed E-state index contributed by atoms with van der Waals surface area (Å²) >= 11 is 6.03. The van der Waals surface area contributed by atoms with Crippen LogP contribution in [-0.4, -0.2) is 38.8 Å². The predicted octanol–water partition coefficient (Wildman–Crippen LogP) is 4.00. The first-order valence-electron chi connectivity index (χ1n) is 9.44. The lowest BCUT2D eigenvalue weighted by atomic mass is 9.98. The zero-order valence-electron chi connectivity index (χ0n) is 16.7. The number of rotatable bonds is 5. The second-order valence-corrected chi connectivity index (χ2v) is 9.65. The Bertz CT molecular complexity index is 1020. The fourth-order valence-electron chi connectivity index (χ4n) is 3.51. The van der Waals surface area contributed by atoms with Crippen molar-refractivity contribution in [3.05, 3.63) is 52.5 Å². The molecular weight excluding hydrogens is 412 g/mol. The topological polar surface area (TPSA) is 75.7 Å². The van der Waals surface area contributed by atoms with Crippen molar-refractivity contribution in [3.8, 4) is 5.75 Å². The summed E-state index contributed by atoms with van der Waals surface area (Å²) in [6, 6.07) is 10.4. The quantitative estimate of drug-likeness (QED) is 0.768. The van der Waals surface area contributed by atoms with Gasteiger partial charge in [-0.3, -0.25) is 4.79 Å². The van der Waals surface area contributed by atoms with Crippen LogP contribution in [0.5, 0.6) is 5.75 Å². The molecule has 0 saturated carbocycles. The molecule has 3 rings (SSSR count). The van der Waals surface area contributed by atoms with E-state index in [-0.39, 0.29) is 12.5 Å². The lowest BCUT2D eigenvalue weighted by molar-refractivity contribution is -0.120. The van der Waals surface area contributed by atoms with E-state index >= 15 is 0 Å². The first kappa shape index (κ1) is 21.6. The smallest absolute Gasteiger partial charge is 0.243 e. The van der Waals surface area contributed by atoms with Gasteiger partial charge in [-0.05, 0) is 62.1 Å². The molecule has 0 aliphatic carbocycles. The van der Waals surface area contributed by atoms with Crippen LogP contribution >= 0.6 is 11.6 Å². The highest BCUT2D eigenvalue weighted by atomic mass is 35.5. The van der Waals surface area contributed by atoms with Crippen molar-refractivity contribution >= 4 is 33.2 Å². The molecule has 156 valence electrons. The maximum atomic E-state index is 13.2. The Kier molecular flexibility index (Phi) is 6.51. The molecule has 1 fully saturated rings. The van der Waals surface area contributed by atoms with E-state index in [0.717, 1.165) is 5.56 Å². The van der Waals surface area contributed by atoms with Crippen LogP contribution < -0.4 is 10.1 Å². The Morgan fingerprint density at radius 2 is 1.97 bits per heavy atom. The van der Waals surface area contributed by atoms with Crippen LogP contribution in [0.2, 0.25) is 5.02 Å². The van der Waals surface area contributed by atoms with Gasteiger partial charge in [-0.25, -0.2) is 8.42 Å². The van der Waals surface area contributed by atoms with Crippen molar-refractivity contribution in [2.24, 2.45) is 5.92 Å². The van der Waals surface area contributed by atoms with Gasteiger partial charge in [0, 0.05) is 18.1 Å². The highest BCUT2D eigenvalue weighted by molar-refractivity contribution is 7.89. The molecule has 1 saturated heterocycles. The molecular formula is C21H25ClN2O4S. The fraction of sp³-hybridized carbons (Fsp3) is 0.381. The Balaban J connectivity index is 1.79. The number of ether oxygens (including phenoxy) is 1. The molecule has 8 heteroatoms. The highest BCUT2D eigenvalue weighted by Gasteiger charge is 2.34. The number of hydrogen-bond acceptors (Lipinski definition) is 4. The lowest BCUT2D eigenvalue weighted by Gasteiger charge is -2.31. The van der Waals surface area contributed by atoms with Gasteiger partial charge in [-0.15, -0.1) is 0 Å². The zero-order valence-corrected chi connectivity index (χ0v) is 18.3. The van der Waals surface area contributed by atoms with Crippen molar-refractivity contribution in [1.29, 1.82) is 0 Å². The van der Waals surface area contributed by atoms with Gasteiger partial charge in [0.1, 0.15) is 5.75 Å². The first-order chi connectivity index (χ1) is 13.7. The molecule has 29 heavy (non-hydrogen) atoms. The number of carbonyl (C=O) groups excluding carboxylic acids is 1. The maximum absolute atomic E-state index is 13.2. The van der Waals surface area contributed by atoms with Crippen LogP contribution in [0.3, 0.4) is 0 Å². The van der Waals surface area contributed by atoms with Gasteiger partial charge in [-0.2, -0.15) is 4.31 Å². The third kappa shape index (κ3) is 4.74. The molecule has 2 aromatic rings. The highest BCUT2D eigenvalue weighted by Crippen LogP contribution is 2.30. The number of nitrogens with zero attached hydrogens (tertiary/aromatic N) is 1. The van der Waals surface area contributed by atoms with Gasteiger partial charge in [-0.1, -0.05) is 23.7 Å². The molecule has 0 radical (unpaired) electrons. The van der Waals surface area contributed by atoms with Crippen molar-refractivity contribution in [2.45, 2.75) is 31.6 Å². The molecule has 1 aliphatic rings. The van der Waals surface area contributed by atoms with Gasteiger partial charge in [0.2, 0.25) is 15.9 Å². The molecule has 1 aliphatic heterocycles. The summed E-state index contributed by atoms with van der Waals surface area (Å²) in [4.78, 5) is 13.1. The van der Waals surface area contributed by atoms with Crippen LogP contribution in [-0.2, 0) is 14.8 Å². The maximum Gasteiger partial charge on any atom is 0.243 e. The molecule has 2 aromatic carbocycles. The van der Waals surface area contributed by atoms with Crippen LogP contribution in [0.25, 0.3) is 0 Å². The third-order valence-electron chi connectivity index (χ3n) is 5.14. The minimum Gasteiger partial charge on any atom is -0.495 e. The standard InChI is InChI=1S/C21H25ClN2O4S/c1-14-6-7-15(2)20(11-14)29(26,27)24-10-4-5-16(13-24)21(25)23-18-12-17(22)8-9-19(18)28-3/h6-9,11-12,16H,4-5,10,13H2,1-3H3,(H,23,25). The number of hydrogen-bond donors (Lipinski definition) is 1. The molecule has 0 bridgehead atoms. The average molecular weight is 437 g/mol. The summed E-state index contributed by atoms with van der Waals surface area (Å²) in [5.41, 5.74) is 2.05. The second kappa shape index (κ2) is 8.73. The largest absolute Gasteiger partial charge is 0.495 e. The third-order valence-corrected chi connectivity index (χ3v) is 7.38. The van der Waals surface area contributed by atoms with Crippen LogP contribution in [0, 0.1) is 19.8 Å². The summed E-state index contributed by atoms with van der Waals surface area (Å²) in [5, 5.41) is 3.31. The number of carbonyl (C=O) groups is 1. The molecule has 6 nitrogen and oxygen atoms in total. The zero-order chi connectivity index (χ0) is 21.2. The van der Waals surface area contributed by atoms with Crippen LogP contribution in [0.4, 0.5) is 5.69 Å². The van der Waals surface area contributed by atoms with Gasteiger partial charge >= 0.3 is 0 Å². The molecule has 1 amide bonds. The SMILES string of the molecule is COc1ccc(Cl)cc1NC(=O)C1CCCN(S(=O)(=O)c2cc(C)ccc2C)C1. The van der Waals surface area contributed by atoms with Crippen LogP contribution in [0.1, 0.15) is 24.0 Å². The first-order valence-corrected chi connectivity index (χ1v) is 11.3. The normalized spacial score (nSPS) is 17.7. The summed E-state index contributed by atoms with van der Waals surface area (Å²) in [6.07, 6.45) is 1.24. The van der Waals surface area contributed by atoms with Crippen molar-refractivity contribution < 1.29 is 17.9 Å². The molecule has 1 heterocycles. The van der Waals surface area contributed by atoms with Crippen molar-refractivity contribution in [2.75, 3.05) is 25.5 Å². The van der Waals surface area contributed by atoms with E-state index in [1.165, 1.54) is 11.4 Å². The minimum atomic E-state index is -3.67. The minimum absolute atomic E-state index is 0.143. The lowest BCUT2D eigenvalue weighted by Crippen LogP contribution is -2.43. The molecule has 1 atom stereocenters. The van der Waals surface area contributed by atoms with E-state index in [2.05, 4.69) is 5.32 Å². The second-order valence-electron chi connectivity index (χ2n) is 7.31. The van der Waals surface area contributed by atoms with Gasteiger partial charge < -0.3 is 10.1 Å². The monoisotopic (exact) mass is 436 g/mol. The van der Waals surface area contributed by atoms with Crippen molar-refractivity contribution in [3.63, 3.8) is 0 Å². The number of benzene rings is 2. The molecule has 0 aromatic heterocycles. The number of methoxy groups -OCH3 is 1. The number of amides is 1. The van der Waals surface area contributed by atoms with E-state index in [0.29, 0.717) is 46.3 Å². The van der Waals surface area contributed by atoms with E-state index in [4.69, 9.17) is 16.3 Å². The Morgan fingerprint density at radius 3 is 2.69 bits per heavy atom. The summed E-state index contributed by atoms with van der Waals surface area (Å²) in [7, 11) is -2.15.